The summed E-state index contributed by atoms with van der Waals surface area (Å²) in [5.74, 6) is 0. The minimum absolute atomic E-state index is 0.205. The molecule has 1 heterocycles. The number of nitrogens with one attached hydrogen (secondary N) is 2. The third-order valence-electron chi connectivity index (χ3n) is 7.29. The van der Waals surface area contributed by atoms with Crippen LogP contribution in [0, 0.1) is 0 Å². The first-order chi connectivity index (χ1) is 17.2. The summed E-state index contributed by atoms with van der Waals surface area (Å²) in [6.07, 6.45) is 11.8. The zero-order valence-corrected chi connectivity index (χ0v) is 21.4. The number of amides is 2. The molecule has 2 fully saturated rings. The van der Waals surface area contributed by atoms with Gasteiger partial charge in [-0.3, -0.25) is 0 Å². The Balaban J connectivity index is 1.48. The van der Waals surface area contributed by atoms with Crippen molar-refractivity contribution in [1.29, 1.82) is 0 Å². The van der Waals surface area contributed by atoms with Crippen molar-refractivity contribution in [2.75, 3.05) is 44.3 Å². The van der Waals surface area contributed by atoms with E-state index in [4.69, 9.17) is 4.74 Å². The number of benzene rings is 1. The highest BCUT2D eigenvalue weighted by molar-refractivity contribution is 5.85. The highest BCUT2D eigenvalue weighted by Gasteiger charge is 2.25. The summed E-state index contributed by atoms with van der Waals surface area (Å²) in [6.45, 7) is 9.63. The van der Waals surface area contributed by atoms with E-state index >= 15 is 0 Å². The van der Waals surface area contributed by atoms with Crippen LogP contribution in [0.3, 0.4) is 0 Å². The number of carbonyl (C=O) groups is 1. The van der Waals surface area contributed by atoms with Gasteiger partial charge >= 0.3 is 6.03 Å². The number of hydrogen-bond donors (Lipinski definition) is 2. The number of allylic oxidation sites excluding steroid dienone is 2. The molecule has 0 aromatic heterocycles. The van der Waals surface area contributed by atoms with Crippen LogP contribution in [-0.4, -0.2) is 62.6 Å². The molecule has 1 aromatic carbocycles. The van der Waals surface area contributed by atoms with Crippen molar-refractivity contribution >= 4 is 24.0 Å². The van der Waals surface area contributed by atoms with Gasteiger partial charge < -0.3 is 19.9 Å². The molecular formula is C28H41N5O2. The fraction of sp³-hybridized carbons (Fsp3) is 0.571. The summed E-state index contributed by atoms with van der Waals surface area (Å²) in [7, 11) is 0. The molecule has 1 saturated carbocycles. The molecule has 0 unspecified atom stereocenters. The number of morpholine rings is 1. The van der Waals surface area contributed by atoms with Crippen LogP contribution >= 0.6 is 0 Å². The van der Waals surface area contributed by atoms with Gasteiger partial charge in [-0.15, -0.1) is 0 Å². The van der Waals surface area contributed by atoms with Crippen molar-refractivity contribution in [2.45, 2.75) is 64.8 Å². The Labute approximate surface area is 210 Å². The second kappa shape index (κ2) is 12.8. The second-order valence-electron chi connectivity index (χ2n) is 9.59. The van der Waals surface area contributed by atoms with Crippen molar-refractivity contribution in [1.82, 2.24) is 15.6 Å². The highest BCUT2D eigenvalue weighted by atomic mass is 16.5. The first kappa shape index (κ1) is 25.3. The van der Waals surface area contributed by atoms with Gasteiger partial charge in [0.05, 0.1) is 19.4 Å². The van der Waals surface area contributed by atoms with Crippen molar-refractivity contribution in [3.63, 3.8) is 0 Å². The largest absolute Gasteiger partial charge is 0.378 e. The first-order valence-corrected chi connectivity index (χ1v) is 13.4. The maximum atomic E-state index is 12.3. The number of ether oxygens (including phenoxy) is 1. The number of urea groups is 1. The molecule has 35 heavy (non-hydrogen) atoms. The van der Waals surface area contributed by atoms with Crippen LogP contribution in [0.2, 0.25) is 0 Å². The topological polar surface area (TPSA) is 69.2 Å². The SMILES string of the molecule is CCN(CC)c1ccc(/C=C2/CCC(C=NNC(=O)NC3CCCCC3)=C2N2CCOCC2)cc1. The molecule has 2 aliphatic carbocycles. The average molecular weight is 480 g/mol. The van der Waals surface area contributed by atoms with E-state index in [0.29, 0.717) is 0 Å². The highest BCUT2D eigenvalue weighted by Crippen LogP contribution is 2.35. The quantitative estimate of drug-likeness (QED) is 0.410. The van der Waals surface area contributed by atoms with Gasteiger partial charge in [-0.25, -0.2) is 10.2 Å². The first-order valence-electron chi connectivity index (χ1n) is 13.4. The number of rotatable bonds is 8. The van der Waals surface area contributed by atoms with Crippen LogP contribution in [0.1, 0.15) is 64.4 Å². The van der Waals surface area contributed by atoms with Crippen LogP contribution < -0.4 is 15.6 Å². The molecule has 4 rings (SSSR count). The maximum Gasteiger partial charge on any atom is 0.335 e. The zero-order valence-electron chi connectivity index (χ0n) is 21.4. The van der Waals surface area contributed by atoms with Crippen LogP contribution in [0.5, 0.6) is 0 Å². The minimum atomic E-state index is -0.205. The lowest BCUT2D eigenvalue weighted by Gasteiger charge is -2.31. The Morgan fingerprint density at radius 1 is 1.09 bits per heavy atom. The normalized spacial score (nSPS) is 20.6. The molecule has 1 aliphatic heterocycles. The molecule has 2 N–H and O–H groups in total. The number of hydrazone groups is 1. The number of anilines is 1. The third kappa shape index (κ3) is 6.88. The van der Waals surface area contributed by atoms with Crippen molar-refractivity contribution in [3.8, 4) is 0 Å². The maximum absolute atomic E-state index is 12.3. The van der Waals surface area contributed by atoms with E-state index < -0.39 is 0 Å². The molecule has 7 heteroatoms. The van der Waals surface area contributed by atoms with Gasteiger partial charge in [0.1, 0.15) is 0 Å². The van der Waals surface area contributed by atoms with Gasteiger partial charge in [0, 0.05) is 43.6 Å². The fourth-order valence-electron chi connectivity index (χ4n) is 5.38. The Hall–Kier alpha value is -2.80. The smallest absolute Gasteiger partial charge is 0.335 e. The van der Waals surface area contributed by atoms with Gasteiger partial charge in [0.2, 0.25) is 0 Å². The van der Waals surface area contributed by atoms with E-state index in [0.717, 1.165) is 65.1 Å². The summed E-state index contributed by atoms with van der Waals surface area (Å²) in [4.78, 5) is 17.1. The third-order valence-corrected chi connectivity index (χ3v) is 7.29. The van der Waals surface area contributed by atoms with Gasteiger partial charge in [-0.1, -0.05) is 31.4 Å². The molecule has 7 nitrogen and oxygen atoms in total. The predicted octanol–water partition coefficient (Wildman–Crippen LogP) is 4.91. The monoisotopic (exact) mass is 479 g/mol. The lowest BCUT2D eigenvalue weighted by atomic mass is 9.96. The van der Waals surface area contributed by atoms with E-state index in [9.17, 15) is 4.79 Å². The lowest BCUT2D eigenvalue weighted by Crippen LogP contribution is -2.41. The molecule has 0 bridgehead atoms. The van der Waals surface area contributed by atoms with Crippen molar-refractivity contribution in [3.05, 3.63) is 46.7 Å². The molecule has 1 aromatic rings. The Bertz CT molecular complexity index is 921. The molecular weight excluding hydrogens is 438 g/mol. The van der Waals surface area contributed by atoms with E-state index in [1.54, 1.807) is 0 Å². The van der Waals surface area contributed by atoms with Crippen LogP contribution in [-0.2, 0) is 4.74 Å². The summed E-state index contributed by atoms with van der Waals surface area (Å²) in [6, 6.07) is 8.91. The van der Waals surface area contributed by atoms with Gasteiger partial charge in [-0.05, 0) is 74.4 Å². The number of carbonyl (C=O) groups excluding carboxylic acids is 1. The van der Waals surface area contributed by atoms with Gasteiger partial charge in [0.25, 0.3) is 0 Å². The molecule has 0 radical (unpaired) electrons. The van der Waals surface area contributed by atoms with Crippen LogP contribution in [0.25, 0.3) is 6.08 Å². The Morgan fingerprint density at radius 3 is 2.49 bits per heavy atom. The average Bonchev–Trinajstić information content (AvgIpc) is 3.29. The molecule has 190 valence electrons. The molecule has 0 spiro atoms. The van der Waals surface area contributed by atoms with E-state index in [2.05, 4.69) is 69.8 Å². The van der Waals surface area contributed by atoms with Crippen molar-refractivity contribution < 1.29 is 9.53 Å². The van der Waals surface area contributed by atoms with Gasteiger partial charge in [-0.2, -0.15) is 5.10 Å². The molecule has 3 aliphatic rings. The summed E-state index contributed by atoms with van der Waals surface area (Å²) >= 11 is 0. The van der Waals surface area contributed by atoms with Crippen LogP contribution in [0.4, 0.5) is 10.5 Å². The number of hydrogen-bond acceptors (Lipinski definition) is 5. The van der Waals surface area contributed by atoms with E-state index in [-0.39, 0.29) is 12.1 Å². The summed E-state index contributed by atoms with van der Waals surface area (Å²) < 4.78 is 5.60. The van der Waals surface area contributed by atoms with Gasteiger partial charge in [0.15, 0.2) is 0 Å². The Kier molecular flexibility index (Phi) is 9.23. The number of nitrogens with zero attached hydrogens (tertiary/aromatic N) is 3. The van der Waals surface area contributed by atoms with Crippen LogP contribution in [0.15, 0.2) is 46.2 Å². The molecule has 1 saturated heterocycles. The minimum Gasteiger partial charge on any atom is -0.378 e. The zero-order chi connectivity index (χ0) is 24.5. The second-order valence-corrected chi connectivity index (χ2v) is 9.59. The lowest BCUT2D eigenvalue weighted by molar-refractivity contribution is 0.0548. The molecule has 0 atom stereocenters. The van der Waals surface area contributed by atoms with Crippen molar-refractivity contribution in [2.24, 2.45) is 5.10 Å². The summed E-state index contributed by atoms with van der Waals surface area (Å²) in [5, 5.41) is 7.38. The standard InChI is InChI=1S/C28H41N5O2/c1-3-32(4-2)26-14-10-22(11-15-26)20-23-12-13-24(27(23)33-16-18-35-19-17-33)21-29-31-28(34)30-25-8-6-5-7-9-25/h10-11,14-15,20-21,25H,3-9,12-13,16-19H2,1-2H3,(H2,30,31,34)/b23-20-,29-21?. The van der Waals surface area contributed by atoms with E-state index in [1.807, 2.05) is 6.21 Å². The molecule has 2 amide bonds. The fourth-order valence-corrected chi connectivity index (χ4v) is 5.38. The van der Waals surface area contributed by atoms with E-state index in [1.165, 1.54) is 47.4 Å². The Morgan fingerprint density at radius 2 is 1.80 bits per heavy atom. The predicted molar refractivity (Wildman–Crippen MR) is 144 cm³/mol. The summed E-state index contributed by atoms with van der Waals surface area (Å²) in [5.41, 5.74) is 8.92.